The van der Waals surface area contributed by atoms with E-state index in [2.05, 4.69) is 21.2 Å². The van der Waals surface area contributed by atoms with Crippen LogP contribution < -0.4 is 5.32 Å². The topological polar surface area (TPSA) is 69.6 Å². The number of amides is 2. The van der Waals surface area contributed by atoms with Gasteiger partial charge in [0.15, 0.2) is 0 Å². The van der Waals surface area contributed by atoms with Gasteiger partial charge in [0, 0.05) is 19.6 Å². The second-order valence-electron chi connectivity index (χ2n) is 4.47. The van der Waals surface area contributed by atoms with Crippen molar-refractivity contribution in [2.24, 2.45) is 0 Å². The second-order valence-corrected chi connectivity index (χ2v) is 5.49. The molecule has 0 spiro atoms. The van der Waals surface area contributed by atoms with Crippen molar-refractivity contribution in [1.29, 1.82) is 0 Å². The fourth-order valence-electron chi connectivity index (χ4n) is 1.99. The van der Waals surface area contributed by atoms with E-state index in [9.17, 15) is 9.59 Å². The Kier molecular flexibility index (Phi) is 4.79. The van der Waals surface area contributed by atoms with Crippen molar-refractivity contribution in [2.45, 2.75) is 13.0 Å². The van der Waals surface area contributed by atoms with E-state index in [0.717, 1.165) is 10.9 Å². The first-order chi connectivity index (χ1) is 9.58. The Hall–Kier alpha value is -1.82. The third kappa shape index (κ3) is 3.60. The number of nitrogens with zero attached hydrogens (tertiary/aromatic N) is 1. The van der Waals surface area contributed by atoms with Crippen molar-refractivity contribution in [2.75, 3.05) is 13.1 Å². The van der Waals surface area contributed by atoms with Crippen LogP contribution in [0.2, 0.25) is 0 Å². The molecule has 0 aliphatic carbocycles. The van der Waals surface area contributed by atoms with Crippen molar-refractivity contribution >= 4 is 27.9 Å². The Morgan fingerprint density at radius 2 is 2.10 bits per heavy atom. The predicted octanol–water partition coefficient (Wildman–Crippen LogP) is 2.58. The van der Waals surface area contributed by atoms with Crippen LogP contribution >= 0.6 is 15.9 Å². The molecule has 0 fully saturated rings. The minimum atomic E-state index is -0.986. The molecule has 2 N–H and O–H groups in total. The number of carboxylic acid groups (broad SMARTS) is 1. The highest BCUT2D eigenvalue weighted by molar-refractivity contribution is 9.11. The minimum Gasteiger partial charge on any atom is -0.478 e. The van der Waals surface area contributed by atoms with Crippen LogP contribution in [0.25, 0.3) is 0 Å². The summed E-state index contributed by atoms with van der Waals surface area (Å²) in [5.41, 5.74) is 0.816. The molecule has 0 saturated carbocycles. The molecule has 1 aliphatic heterocycles. The van der Waals surface area contributed by atoms with Gasteiger partial charge < -0.3 is 15.3 Å². The fourth-order valence-corrected chi connectivity index (χ4v) is 2.32. The maximum absolute atomic E-state index is 12.0. The van der Waals surface area contributed by atoms with Crippen LogP contribution in [0.5, 0.6) is 0 Å². The van der Waals surface area contributed by atoms with Crippen LogP contribution in [-0.2, 0) is 6.54 Å². The number of aromatic carboxylic acids is 1. The smallest absolute Gasteiger partial charge is 0.336 e. The average molecular weight is 339 g/mol. The number of carboxylic acids is 1. The lowest BCUT2D eigenvalue weighted by Gasteiger charge is -2.25. The zero-order valence-corrected chi connectivity index (χ0v) is 12.4. The van der Waals surface area contributed by atoms with E-state index in [1.54, 1.807) is 23.1 Å². The normalized spacial score (nSPS) is 14.7. The van der Waals surface area contributed by atoms with Gasteiger partial charge in [-0.1, -0.05) is 40.2 Å². The van der Waals surface area contributed by atoms with Gasteiger partial charge in [0.25, 0.3) is 0 Å². The Bertz CT molecular complexity index is 557. The summed E-state index contributed by atoms with van der Waals surface area (Å²) in [5.74, 6) is -0.986. The van der Waals surface area contributed by atoms with E-state index in [4.69, 9.17) is 5.11 Å². The second kappa shape index (κ2) is 6.56. The summed E-state index contributed by atoms with van der Waals surface area (Å²) in [4.78, 5) is 24.7. The molecule has 6 heteroatoms. The van der Waals surface area contributed by atoms with E-state index >= 15 is 0 Å². The highest BCUT2D eigenvalue weighted by atomic mass is 79.9. The summed E-state index contributed by atoms with van der Waals surface area (Å²) in [6.45, 7) is 1.43. The summed E-state index contributed by atoms with van der Waals surface area (Å²) >= 11 is 3.40. The first kappa shape index (κ1) is 14.6. The SMILES string of the molecule is O=C(O)c1ccccc1CNC(=O)N1CC=C(Br)CC1. The van der Waals surface area contributed by atoms with Gasteiger partial charge in [-0.05, 0) is 22.5 Å². The molecule has 1 aromatic carbocycles. The number of rotatable bonds is 3. The molecule has 0 bridgehead atoms. The van der Waals surface area contributed by atoms with E-state index < -0.39 is 5.97 Å². The molecule has 2 amide bonds. The molecular weight excluding hydrogens is 324 g/mol. The summed E-state index contributed by atoms with van der Waals surface area (Å²) in [5, 5.41) is 11.8. The number of nitrogens with one attached hydrogen (secondary N) is 1. The molecule has 20 heavy (non-hydrogen) atoms. The number of hydrogen-bond acceptors (Lipinski definition) is 2. The third-order valence-corrected chi connectivity index (χ3v) is 3.84. The van der Waals surface area contributed by atoms with Gasteiger partial charge in [0.05, 0.1) is 5.56 Å². The van der Waals surface area contributed by atoms with Gasteiger partial charge in [-0.15, -0.1) is 0 Å². The first-order valence-electron chi connectivity index (χ1n) is 6.26. The fraction of sp³-hybridized carbons (Fsp3) is 0.286. The minimum absolute atomic E-state index is 0.179. The number of hydrogen-bond donors (Lipinski definition) is 2. The van der Waals surface area contributed by atoms with Gasteiger partial charge in [0.2, 0.25) is 0 Å². The molecule has 5 nitrogen and oxygen atoms in total. The first-order valence-corrected chi connectivity index (χ1v) is 7.05. The van der Waals surface area contributed by atoms with Crippen LogP contribution in [0.15, 0.2) is 34.8 Å². The Labute approximate surface area is 125 Å². The average Bonchev–Trinajstić information content (AvgIpc) is 2.45. The quantitative estimate of drug-likeness (QED) is 0.889. The van der Waals surface area contributed by atoms with Crippen LogP contribution in [0.4, 0.5) is 4.79 Å². The van der Waals surface area contributed by atoms with Crippen LogP contribution in [-0.4, -0.2) is 35.1 Å². The molecule has 2 rings (SSSR count). The lowest BCUT2D eigenvalue weighted by molar-refractivity contribution is 0.0695. The molecule has 1 heterocycles. The Morgan fingerprint density at radius 1 is 1.35 bits per heavy atom. The molecular formula is C14H15BrN2O3. The molecule has 0 radical (unpaired) electrons. The van der Waals surface area contributed by atoms with Crippen molar-refractivity contribution in [3.8, 4) is 0 Å². The number of halogens is 1. The number of carbonyl (C=O) groups excluding carboxylic acids is 1. The van der Waals surface area contributed by atoms with Crippen LogP contribution in [0.1, 0.15) is 22.3 Å². The zero-order chi connectivity index (χ0) is 14.5. The molecule has 0 unspecified atom stereocenters. The van der Waals surface area contributed by atoms with Gasteiger partial charge in [0.1, 0.15) is 0 Å². The molecule has 1 aliphatic rings. The summed E-state index contributed by atoms with van der Waals surface area (Å²) in [6, 6.07) is 6.48. The Balaban J connectivity index is 1.96. The van der Waals surface area contributed by atoms with Crippen LogP contribution in [0, 0.1) is 0 Å². The monoisotopic (exact) mass is 338 g/mol. The van der Waals surface area contributed by atoms with E-state index in [1.807, 2.05) is 6.08 Å². The number of urea groups is 1. The van der Waals surface area contributed by atoms with Crippen molar-refractivity contribution in [3.63, 3.8) is 0 Å². The van der Waals surface area contributed by atoms with Crippen LogP contribution in [0.3, 0.4) is 0 Å². The number of carbonyl (C=O) groups is 2. The summed E-state index contributed by atoms with van der Waals surface area (Å²) < 4.78 is 1.11. The maximum atomic E-state index is 12.0. The van der Waals surface area contributed by atoms with E-state index in [1.165, 1.54) is 6.07 Å². The van der Waals surface area contributed by atoms with Gasteiger partial charge in [-0.2, -0.15) is 0 Å². The maximum Gasteiger partial charge on any atom is 0.336 e. The Morgan fingerprint density at radius 3 is 2.75 bits per heavy atom. The molecule has 0 aromatic heterocycles. The third-order valence-electron chi connectivity index (χ3n) is 3.12. The summed E-state index contributed by atoms with van der Waals surface area (Å²) in [7, 11) is 0. The molecule has 106 valence electrons. The van der Waals surface area contributed by atoms with Crippen molar-refractivity contribution in [1.82, 2.24) is 10.2 Å². The van der Waals surface area contributed by atoms with Gasteiger partial charge >= 0.3 is 12.0 Å². The van der Waals surface area contributed by atoms with E-state index in [0.29, 0.717) is 18.7 Å². The highest BCUT2D eigenvalue weighted by Gasteiger charge is 2.16. The van der Waals surface area contributed by atoms with Crippen molar-refractivity contribution < 1.29 is 14.7 Å². The lowest BCUT2D eigenvalue weighted by atomic mass is 10.1. The highest BCUT2D eigenvalue weighted by Crippen LogP contribution is 2.16. The summed E-state index contributed by atoms with van der Waals surface area (Å²) in [6.07, 6.45) is 2.76. The largest absolute Gasteiger partial charge is 0.478 e. The van der Waals surface area contributed by atoms with Crippen molar-refractivity contribution in [3.05, 3.63) is 46.0 Å². The molecule has 0 atom stereocenters. The molecule has 0 saturated heterocycles. The number of benzene rings is 1. The van der Waals surface area contributed by atoms with E-state index in [-0.39, 0.29) is 18.1 Å². The standard InChI is InChI=1S/C14H15BrN2O3/c15-11-5-7-17(8-6-11)14(20)16-9-10-3-1-2-4-12(10)13(18)19/h1-5H,6-9H2,(H,16,20)(H,18,19). The molecule has 1 aromatic rings. The van der Waals surface area contributed by atoms with Gasteiger partial charge in [-0.25, -0.2) is 9.59 Å². The van der Waals surface area contributed by atoms with Gasteiger partial charge in [-0.3, -0.25) is 0 Å². The predicted molar refractivity (Wildman–Crippen MR) is 78.8 cm³/mol. The lowest BCUT2D eigenvalue weighted by Crippen LogP contribution is -2.41. The zero-order valence-electron chi connectivity index (χ0n) is 10.8.